The molecule has 0 aliphatic heterocycles. The van der Waals surface area contributed by atoms with Gasteiger partial charge in [-0.2, -0.15) is 0 Å². The molecule has 0 amide bonds. The van der Waals surface area contributed by atoms with Crippen LogP contribution in [-0.4, -0.2) is 22.3 Å². The highest BCUT2D eigenvalue weighted by atomic mass is 16.3. The van der Waals surface area contributed by atoms with Crippen molar-refractivity contribution in [2.24, 2.45) is 34.5 Å². The van der Waals surface area contributed by atoms with E-state index in [4.69, 9.17) is 0 Å². The molecule has 0 aromatic carbocycles. The van der Waals surface area contributed by atoms with Gasteiger partial charge in [-0.15, -0.1) is 0 Å². The SMILES string of the molecule is C[C@]12CCC(=O)C[C@@H]1C(=O)C[C@@H]1[C@H]3CC[C@](C)(O)[C@@]3(C)CC[C@@H]12. The first-order chi connectivity index (χ1) is 10.7. The lowest BCUT2D eigenvalue weighted by Crippen LogP contribution is -2.58. The first-order valence-corrected chi connectivity index (χ1v) is 9.46. The maximum atomic E-state index is 12.9. The first kappa shape index (κ1) is 15.8. The third-order valence-corrected chi connectivity index (χ3v) is 8.84. The molecule has 0 spiro atoms. The van der Waals surface area contributed by atoms with Crippen molar-refractivity contribution in [2.75, 3.05) is 0 Å². The van der Waals surface area contributed by atoms with Crippen LogP contribution in [0.5, 0.6) is 0 Å². The second kappa shape index (κ2) is 4.68. The van der Waals surface area contributed by atoms with Gasteiger partial charge in [0.1, 0.15) is 11.6 Å². The minimum atomic E-state index is -0.591. The molecular formula is C20H30O3. The Morgan fingerprint density at radius 1 is 0.957 bits per heavy atom. The van der Waals surface area contributed by atoms with Crippen molar-refractivity contribution in [3.05, 3.63) is 0 Å². The molecule has 0 heterocycles. The fourth-order valence-corrected chi connectivity index (χ4v) is 7.08. The molecule has 1 N–H and O–H groups in total. The van der Waals surface area contributed by atoms with Gasteiger partial charge in [0.25, 0.3) is 0 Å². The zero-order chi connectivity index (χ0) is 16.6. The number of hydrogen-bond donors (Lipinski definition) is 1. The molecule has 4 rings (SSSR count). The van der Waals surface area contributed by atoms with Crippen molar-refractivity contribution in [3.63, 3.8) is 0 Å². The lowest BCUT2D eigenvalue weighted by atomic mass is 9.44. The van der Waals surface area contributed by atoms with Gasteiger partial charge in [-0.25, -0.2) is 0 Å². The second-order valence-electron chi connectivity index (χ2n) is 9.62. The van der Waals surface area contributed by atoms with E-state index in [9.17, 15) is 14.7 Å². The normalized spacial score (nSPS) is 56.0. The van der Waals surface area contributed by atoms with E-state index in [0.29, 0.717) is 42.8 Å². The molecule has 0 saturated heterocycles. The second-order valence-corrected chi connectivity index (χ2v) is 9.62. The molecule has 0 aromatic rings. The fourth-order valence-electron chi connectivity index (χ4n) is 7.08. The minimum absolute atomic E-state index is 0.0175. The third kappa shape index (κ3) is 1.92. The summed E-state index contributed by atoms with van der Waals surface area (Å²) < 4.78 is 0. The Morgan fingerprint density at radius 3 is 2.39 bits per heavy atom. The van der Waals surface area contributed by atoms with Crippen molar-refractivity contribution in [1.82, 2.24) is 0 Å². The Balaban J connectivity index is 1.70. The summed E-state index contributed by atoms with van der Waals surface area (Å²) in [5.74, 6) is 2.03. The monoisotopic (exact) mass is 318 g/mol. The van der Waals surface area contributed by atoms with E-state index in [0.717, 1.165) is 32.1 Å². The number of carbonyl (C=O) groups excluding carboxylic acids is 2. The maximum Gasteiger partial charge on any atom is 0.137 e. The van der Waals surface area contributed by atoms with E-state index in [2.05, 4.69) is 13.8 Å². The number of ketones is 2. The Morgan fingerprint density at radius 2 is 1.65 bits per heavy atom. The quantitative estimate of drug-likeness (QED) is 0.743. The lowest BCUT2D eigenvalue weighted by Gasteiger charge is -2.60. The van der Waals surface area contributed by atoms with Crippen LogP contribution in [0.4, 0.5) is 0 Å². The van der Waals surface area contributed by atoms with Crippen LogP contribution >= 0.6 is 0 Å². The van der Waals surface area contributed by atoms with E-state index >= 15 is 0 Å². The van der Waals surface area contributed by atoms with Crippen LogP contribution in [0.2, 0.25) is 0 Å². The van der Waals surface area contributed by atoms with Crippen LogP contribution < -0.4 is 0 Å². The number of aliphatic hydroxyl groups is 1. The van der Waals surface area contributed by atoms with Crippen molar-refractivity contribution in [1.29, 1.82) is 0 Å². The van der Waals surface area contributed by atoms with E-state index in [1.54, 1.807) is 0 Å². The van der Waals surface area contributed by atoms with Gasteiger partial charge < -0.3 is 5.11 Å². The van der Waals surface area contributed by atoms with Gasteiger partial charge in [0.05, 0.1) is 5.60 Å². The molecule has 7 atom stereocenters. The summed E-state index contributed by atoms with van der Waals surface area (Å²) in [6.07, 6.45) is 6.78. The number of fused-ring (bicyclic) bond motifs is 5. The Bertz CT molecular complexity index is 565. The maximum absolute atomic E-state index is 12.9. The molecule has 3 nitrogen and oxygen atoms in total. The summed E-state index contributed by atoms with van der Waals surface area (Å²) in [6.45, 7) is 6.54. The molecule has 128 valence electrons. The van der Waals surface area contributed by atoms with Crippen LogP contribution in [0.25, 0.3) is 0 Å². The summed E-state index contributed by atoms with van der Waals surface area (Å²) in [4.78, 5) is 24.8. The Labute approximate surface area is 139 Å². The predicted octanol–water partition coefficient (Wildman–Crippen LogP) is 3.53. The molecule has 4 aliphatic rings. The van der Waals surface area contributed by atoms with Crippen LogP contribution in [0.1, 0.15) is 72.1 Å². The van der Waals surface area contributed by atoms with E-state index < -0.39 is 5.60 Å². The van der Waals surface area contributed by atoms with Crippen LogP contribution in [0.15, 0.2) is 0 Å². The molecule has 3 heteroatoms. The Kier molecular flexibility index (Phi) is 3.22. The van der Waals surface area contributed by atoms with Crippen LogP contribution in [0, 0.1) is 34.5 Å². The standard InChI is InChI=1S/C20H30O3/c1-18-7-4-12(21)10-16(18)17(22)11-13-14(18)5-8-19(2)15(13)6-9-20(19,3)23/h13-16,23H,4-11H2,1-3H3/t13-,14-,15+,16+,18+,19-,20-/m0/s1. The topological polar surface area (TPSA) is 54.4 Å². The summed E-state index contributed by atoms with van der Waals surface area (Å²) >= 11 is 0. The van der Waals surface area contributed by atoms with Gasteiger partial charge in [0, 0.05) is 25.2 Å². The average molecular weight is 318 g/mol. The predicted molar refractivity (Wildman–Crippen MR) is 87.7 cm³/mol. The van der Waals surface area contributed by atoms with Crippen molar-refractivity contribution in [2.45, 2.75) is 77.7 Å². The number of rotatable bonds is 0. The summed E-state index contributed by atoms with van der Waals surface area (Å²) in [6, 6.07) is 0. The highest BCUT2D eigenvalue weighted by Gasteiger charge is 2.64. The largest absolute Gasteiger partial charge is 0.390 e. The van der Waals surface area contributed by atoms with Crippen LogP contribution in [0.3, 0.4) is 0 Å². The molecule has 0 bridgehead atoms. The van der Waals surface area contributed by atoms with Crippen molar-refractivity contribution >= 4 is 11.6 Å². The number of Topliss-reactive ketones (excluding diaryl/α,β-unsaturated/α-hetero) is 2. The average Bonchev–Trinajstić information content (AvgIpc) is 2.72. The lowest BCUT2D eigenvalue weighted by molar-refractivity contribution is -0.166. The molecular weight excluding hydrogens is 288 g/mol. The van der Waals surface area contributed by atoms with Gasteiger partial charge in [-0.05, 0) is 67.6 Å². The molecule has 4 aliphatic carbocycles. The summed E-state index contributed by atoms with van der Waals surface area (Å²) in [5.41, 5.74) is -0.613. The third-order valence-electron chi connectivity index (χ3n) is 8.84. The summed E-state index contributed by atoms with van der Waals surface area (Å²) in [7, 11) is 0. The van der Waals surface area contributed by atoms with Gasteiger partial charge in [0.15, 0.2) is 0 Å². The van der Waals surface area contributed by atoms with Gasteiger partial charge in [0.2, 0.25) is 0 Å². The van der Waals surface area contributed by atoms with E-state index in [-0.39, 0.29) is 22.5 Å². The number of hydrogen-bond acceptors (Lipinski definition) is 3. The first-order valence-electron chi connectivity index (χ1n) is 9.46. The Hall–Kier alpha value is -0.700. The zero-order valence-electron chi connectivity index (χ0n) is 14.7. The van der Waals surface area contributed by atoms with Gasteiger partial charge in [-0.3, -0.25) is 9.59 Å². The van der Waals surface area contributed by atoms with Crippen molar-refractivity contribution in [3.8, 4) is 0 Å². The zero-order valence-corrected chi connectivity index (χ0v) is 14.7. The molecule has 0 radical (unpaired) electrons. The minimum Gasteiger partial charge on any atom is -0.390 e. The van der Waals surface area contributed by atoms with E-state index in [1.807, 2.05) is 6.92 Å². The van der Waals surface area contributed by atoms with Crippen LogP contribution in [-0.2, 0) is 9.59 Å². The molecule has 4 fully saturated rings. The number of carbonyl (C=O) groups is 2. The van der Waals surface area contributed by atoms with E-state index in [1.165, 1.54) is 0 Å². The molecule has 0 aromatic heterocycles. The smallest absolute Gasteiger partial charge is 0.137 e. The van der Waals surface area contributed by atoms with Gasteiger partial charge in [-0.1, -0.05) is 13.8 Å². The summed E-state index contributed by atoms with van der Waals surface area (Å²) in [5, 5.41) is 10.9. The molecule has 23 heavy (non-hydrogen) atoms. The van der Waals surface area contributed by atoms with Crippen molar-refractivity contribution < 1.29 is 14.7 Å². The fraction of sp³-hybridized carbons (Fsp3) is 0.900. The highest BCUT2D eigenvalue weighted by molar-refractivity contribution is 5.90. The van der Waals surface area contributed by atoms with Gasteiger partial charge >= 0.3 is 0 Å². The molecule has 4 saturated carbocycles. The molecule has 0 unspecified atom stereocenters. The highest BCUT2D eigenvalue weighted by Crippen LogP contribution is 2.67.